The quantitative estimate of drug-likeness (QED) is 0.328. The summed E-state index contributed by atoms with van der Waals surface area (Å²) in [6, 6.07) is 0. The third kappa shape index (κ3) is 3.84. The van der Waals surface area contributed by atoms with Crippen LogP contribution in [0.4, 0.5) is 52.7 Å². The summed E-state index contributed by atoms with van der Waals surface area (Å²) < 4.78 is 156. The molecule has 0 aliphatic carbocycles. The van der Waals surface area contributed by atoms with Gasteiger partial charge >= 0.3 is 39.2 Å². The Morgan fingerprint density at radius 1 is 0.542 bits per heavy atom. The largest absolute Gasteiger partial charge is 0.455 e. The van der Waals surface area contributed by atoms with Crippen LogP contribution in [0.15, 0.2) is 0 Å². The first kappa shape index (κ1) is 24.3. The lowest BCUT2D eigenvalue weighted by atomic mass is 10.0. The maximum absolute atomic E-state index is 13.6. The van der Waals surface area contributed by atoms with E-state index in [1.165, 1.54) is 0 Å². The molecule has 0 heterocycles. The lowest BCUT2D eigenvalue weighted by molar-refractivity contribution is -0.452. The summed E-state index contributed by atoms with van der Waals surface area (Å²) in [4.78, 5) is 0. The third-order valence-corrected chi connectivity index (χ3v) is 3.60. The van der Waals surface area contributed by atoms with Crippen molar-refractivity contribution >= 4 is 46.4 Å². The van der Waals surface area contributed by atoms with Gasteiger partial charge in [0.1, 0.15) is 0 Å². The molecule has 0 aliphatic heterocycles. The number of hydrogen-bond donors (Lipinski definition) is 0. The number of ether oxygens (including phenoxy) is 1. The normalized spacial score (nSPS) is 22.5. The fourth-order valence-corrected chi connectivity index (χ4v) is 1.30. The molecule has 0 saturated carbocycles. The summed E-state index contributed by atoms with van der Waals surface area (Å²) in [6.07, 6.45) is -7.33. The SMILES string of the molecule is FC(F)(F)C(F)(OC(F)(Cl)C(F)(F)Cl)C(F)(F)C(F)(Cl)C(F)(F)Cl. The van der Waals surface area contributed by atoms with E-state index < -0.39 is 39.2 Å². The van der Waals surface area contributed by atoms with Gasteiger partial charge < -0.3 is 0 Å². The zero-order chi connectivity index (χ0) is 20.2. The van der Waals surface area contributed by atoms with Gasteiger partial charge in [-0.2, -0.15) is 48.3 Å². The molecular formula is C7Cl4F12O. The maximum atomic E-state index is 13.6. The first-order valence-electron chi connectivity index (χ1n) is 4.68. The molecular weight excluding hydrogens is 470 g/mol. The summed E-state index contributed by atoms with van der Waals surface area (Å²) in [5, 5.41) is -24.3. The molecule has 0 rings (SSSR count). The van der Waals surface area contributed by atoms with Crippen molar-refractivity contribution in [2.45, 2.75) is 39.2 Å². The molecule has 3 unspecified atom stereocenters. The van der Waals surface area contributed by atoms with Gasteiger partial charge in [0.05, 0.1) is 0 Å². The molecule has 0 aromatic rings. The highest BCUT2D eigenvalue weighted by Crippen LogP contribution is 2.61. The minimum Gasteiger partial charge on any atom is -0.278 e. The van der Waals surface area contributed by atoms with Crippen LogP contribution in [-0.4, -0.2) is 39.2 Å². The molecule has 0 radical (unpaired) electrons. The van der Waals surface area contributed by atoms with Gasteiger partial charge in [-0.3, -0.25) is 4.74 Å². The molecule has 0 amide bonds. The van der Waals surface area contributed by atoms with E-state index >= 15 is 0 Å². The molecule has 0 aromatic heterocycles. The topological polar surface area (TPSA) is 9.23 Å². The van der Waals surface area contributed by atoms with Crippen molar-refractivity contribution in [2.24, 2.45) is 0 Å². The van der Waals surface area contributed by atoms with E-state index in [-0.39, 0.29) is 0 Å². The average Bonchev–Trinajstić information content (AvgIpc) is 2.22. The summed E-state index contributed by atoms with van der Waals surface area (Å²) in [7, 11) is 0. The number of hydrogen-bond acceptors (Lipinski definition) is 1. The highest BCUT2D eigenvalue weighted by Gasteiger charge is 2.87. The Kier molecular flexibility index (Phi) is 6.24. The Bertz CT molecular complexity index is 465. The molecule has 0 spiro atoms. The van der Waals surface area contributed by atoms with Crippen LogP contribution in [-0.2, 0) is 4.74 Å². The second-order valence-electron chi connectivity index (χ2n) is 3.86. The van der Waals surface area contributed by atoms with Gasteiger partial charge in [-0.1, -0.05) is 11.6 Å². The van der Waals surface area contributed by atoms with Crippen molar-refractivity contribution in [3.05, 3.63) is 0 Å². The van der Waals surface area contributed by atoms with Crippen molar-refractivity contribution in [1.29, 1.82) is 0 Å². The molecule has 1 nitrogen and oxygen atoms in total. The van der Waals surface area contributed by atoms with E-state index in [0.29, 0.717) is 0 Å². The van der Waals surface area contributed by atoms with Crippen molar-refractivity contribution in [3.63, 3.8) is 0 Å². The predicted octanol–water partition coefficient (Wildman–Crippen LogP) is 6.30. The van der Waals surface area contributed by atoms with Crippen LogP contribution >= 0.6 is 46.4 Å². The summed E-state index contributed by atoms with van der Waals surface area (Å²) in [5.74, 6) is -14.6. The van der Waals surface area contributed by atoms with E-state index in [0.717, 1.165) is 0 Å². The lowest BCUT2D eigenvalue weighted by Gasteiger charge is -2.42. The Labute approximate surface area is 143 Å². The van der Waals surface area contributed by atoms with Crippen molar-refractivity contribution in [2.75, 3.05) is 0 Å². The van der Waals surface area contributed by atoms with Crippen molar-refractivity contribution in [1.82, 2.24) is 0 Å². The first-order chi connectivity index (χ1) is 9.96. The van der Waals surface area contributed by atoms with Gasteiger partial charge in [-0.15, -0.1) is 0 Å². The standard InChI is InChI=1S/C7Cl4F12O/c8-1(12,4(9,16)17)2(13,14)3(15,7(21,22)23)24-6(11,20)5(10,18)19. The predicted molar refractivity (Wildman–Crippen MR) is 56.9 cm³/mol. The molecule has 146 valence electrons. The highest BCUT2D eigenvalue weighted by atomic mass is 35.5. The van der Waals surface area contributed by atoms with E-state index in [4.69, 9.17) is 0 Å². The monoisotopic (exact) mass is 468 g/mol. The van der Waals surface area contributed by atoms with Crippen LogP contribution in [0, 0.1) is 0 Å². The summed E-state index contributed by atoms with van der Waals surface area (Å²) >= 11 is 15.3. The first-order valence-corrected chi connectivity index (χ1v) is 6.19. The van der Waals surface area contributed by atoms with Crippen LogP contribution < -0.4 is 0 Å². The van der Waals surface area contributed by atoms with Gasteiger partial charge in [-0.25, -0.2) is 4.39 Å². The molecule has 0 aromatic carbocycles. The van der Waals surface area contributed by atoms with E-state index in [9.17, 15) is 52.7 Å². The summed E-state index contributed by atoms with van der Waals surface area (Å²) in [6.45, 7) is 0. The van der Waals surface area contributed by atoms with E-state index in [2.05, 4.69) is 51.1 Å². The van der Waals surface area contributed by atoms with Crippen LogP contribution in [0.2, 0.25) is 0 Å². The number of rotatable bonds is 6. The zero-order valence-corrected chi connectivity index (χ0v) is 13.0. The second kappa shape index (κ2) is 6.17. The van der Waals surface area contributed by atoms with Crippen molar-refractivity contribution in [3.8, 4) is 0 Å². The van der Waals surface area contributed by atoms with Crippen LogP contribution in [0.25, 0.3) is 0 Å². The second-order valence-corrected chi connectivity index (χ2v) is 5.81. The Balaban J connectivity index is 6.43. The molecule has 0 aliphatic rings. The minimum atomic E-state index is -7.33. The maximum Gasteiger partial charge on any atom is 0.455 e. The molecule has 0 bridgehead atoms. The van der Waals surface area contributed by atoms with Gasteiger partial charge in [0, 0.05) is 0 Å². The molecule has 17 heteroatoms. The lowest BCUT2D eigenvalue weighted by Crippen LogP contribution is -2.69. The number of halogens is 16. The van der Waals surface area contributed by atoms with Gasteiger partial charge in [0.25, 0.3) is 0 Å². The molecule has 0 N–H and O–H groups in total. The van der Waals surface area contributed by atoms with Crippen molar-refractivity contribution < 1.29 is 57.4 Å². The fourth-order valence-electron chi connectivity index (χ4n) is 0.914. The molecule has 24 heavy (non-hydrogen) atoms. The Hall–Kier alpha value is 0.280. The summed E-state index contributed by atoms with van der Waals surface area (Å²) in [5.41, 5.74) is 0. The van der Waals surface area contributed by atoms with Gasteiger partial charge in [0.15, 0.2) is 0 Å². The smallest absolute Gasteiger partial charge is 0.278 e. The third-order valence-electron chi connectivity index (χ3n) is 2.12. The minimum absolute atomic E-state index is 2.06. The zero-order valence-electron chi connectivity index (χ0n) is 9.96. The van der Waals surface area contributed by atoms with Gasteiger partial charge in [-0.05, 0) is 34.8 Å². The van der Waals surface area contributed by atoms with Crippen LogP contribution in [0.5, 0.6) is 0 Å². The van der Waals surface area contributed by atoms with E-state index in [1.807, 2.05) is 0 Å². The van der Waals surface area contributed by atoms with E-state index in [1.54, 1.807) is 0 Å². The molecule has 3 atom stereocenters. The van der Waals surface area contributed by atoms with Crippen LogP contribution in [0.1, 0.15) is 0 Å². The van der Waals surface area contributed by atoms with Gasteiger partial charge in [0.2, 0.25) is 0 Å². The molecule has 0 fully saturated rings. The number of alkyl halides is 16. The average molecular weight is 470 g/mol. The Morgan fingerprint density at radius 2 is 0.875 bits per heavy atom. The fraction of sp³-hybridized carbons (Fsp3) is 1.00. The van der Waals surface area contributed by atoms with Crippen LogP contribution in [0.3, 0.4) is 0 Å². The Morgan fingerprint density at radius 3 is 1.08 bits per heavy atom. The molecule has 0 saturated heterocycles. The highest BCUT2D eigenvalue weighted by molar-refractivity contribution is 6.33.